The van der Waals surface area contributed by atoms with Crippen LogP contribution in [0.15, 0.2) is 41.9 Å². The summed E-state index contributed by atoms with van der Waals surface area (Å²) in [6.07, 6.45) is -3.52. The summed E-state index contributed by atoms with van der Waals surface area (Å²) in [6.45, 7) is 4.75. The average Bonchev–Trinajstić information content (AvgIpc) is 3.15. The largest absolute Gasteiger partial charge is 0.394 e. The smallest absolute Gasteiger partial charge is 0.257 e. The van der Waals surface area contributed by atoms with Gasteiger partial charge in [0, 0.05) is 0 Å². The lowest BCUT2D eigenvalue weighted by molar-refractivity contribution is -0.0788. The Hall–Kier alpha value is -2.28. The van der Waals surface area contributed by atoms with Crippen molar-refractivity contribution in [2.24, 2.45) is 0 Å². The summed E-state index contributed by atoms with van der Waals surface area (Å²) >= 11 is 0. The van der Waals surface area contributed by atoms with Crippen molar-refractivity contribution in [3.63, 3.8) is 0 Å². The Bertz CT molecular complexity index is 881. The molecule has 0 spiro atoms. The second-order valence-corrected chi connectivity index (χ2v) is 7.58. The average molecular weight is 398 g/mol. The van der Waals surface area contributed by atoms with Crippen LogP contribution >= 0.6 is 0 Å². The van der Waals surface area contributed by atoms with E-state index in [1.54, 1.807) is 12.1 Å². The fourth-order valence-corrected chi connectivity index (χ4v) is 2.98. The molecule has 1 aromatic heterocycles. The van der Waals surface area contributed by atoms with Crippen molar-refractivity contribution in [2.45, 2.75) is 30.1 Å². The number of hydrogen-bond donors (Lipinski definition) is 7. The van der Waals surface area contributed by atoms with Gasteiger partial charge in [-0.25, -0.2) is 13.4 Å². The van der Waals surface area contributed by atoms with Crippen molar-refractivity contribution >= 4 is 15.7 Å². The molecule has 0 amide bonds. The number of rotatable bonds is 9. The molecule has 0 unspecified atom stereocenters. The van der Waals surface area contributed by atoms with Crippen LogP contribution in [0.25, 0.3) is 5.70 Å². The molecule has 2 aromatic rings. The molecule has 0 radical (unpaired) electrons. The number of nitrogens with zero attached hydrogens (tertiary/aromatic N) is 1. The van der Waals surface area contributed by atoms with E-state index >= 15 is 0 Å². The normalized spacial score (nSPS) is 15.1. The highest BCUT2D eigenvalue weighted by molar-refractivity contribution is 7.89. The first kappa shape index (κ1) is 21.0. The molecule has 3 atom stereocenters. The maximum absolute atomic E-state index is 12.2. The van der Waals surface area contributed by atoms with Crippen LogP contribution in [-0.4, -0.2) is 57.6 Å². The lowest BCUT2D eigenvalue weighted by Gasteiger charge is -2.20. The number of hydrogen-bond acceptors (Lipinski definition) is 8. The molecule has 0 saturated carbocycles. The summed E-state index contributed by atoms with van der Waals surface area (Å²) < 4.78 is 24.4. The number of benzene rings is 1. The van der Waals surface area contributed by atoms with Gasteiger partial charge in [0.25, 0.3) is 10.0 Å². The number of aliphatic hydroxyl groups excluding tert-OH is 4. The minimum atomic E-state index is -3.83. The zero-order valence-electron chi connectivity index (χ0n) is 14.5. The van der Waals surface area contributed by atoms with E-state index in [2.05, 4.69) is 26.8 Å². The molecule has 10 nitrogen and oxygen atoms in total. The molecule has 7 N–H and O–H groups in total. The topological polar surface area (TPSA) is 168 Å². The second-order valence-electron chi connectivity index (χ2n) is 5.89. The highest BCUT2D eigenvalue weighted by Crippen LogP contribution is 2.18. The summed E-state index contributed by atoms with van der Waals surface area (Å²) in [6, 6.07) is 6.24. The molecule has 0 saturated heterocycles. The Morgan fingerprint density at radius 2 is 1.89 bits per heavy atom. The SMILES string of the molecule is C=C(NNS(=O)(=O)c1ccc(C)cc1)c1ncc([C@@H](O)[C@H](O)[C@H](O)CO)[nH]1. The predicted molar refractivity (Wildman–Crippen MR) is 96.3 cm³/mol. The van der Waals surface area contributed by atoms with Crippen LogP contribution in [0.4, 0.5) is 0 Å². The number of H-pyrrole nitrogens is 1. The van der Waals surface area contributed by atoms with Crippen LogP contribution in [0.3, 0.4) is 0 Å². The molecule has 0 bridgehead atoms. The number of aliphatic hydroxyl groups is 4. The number of aromatic amines is 1. The van der Waals surface area contributed by atoms with Gasteiger partial charge in [-0.2, -0.15) is 0 Å². The van der Waals surface area contributed by atoms with Gasteiger partial charge in [-0.3, -0.25) is 0 Å². The Labute approximate surface area is 156 Å². The maximum atomic E-state index is 12.2. The van der Waals surface area contributed by atoms with Gasteiger partial charge in [-0.15, -0.1) is 4.83 Å². The van der Waals surface area contributed by atoms with Gasteiger partial charge < -0.3 is 30.8 Å². The van der Waals surface area contributed by atoms with E-state index in [4.69, 9.17) is 5.11 Å². The van der Waals surface area contributed by atoms with Crippen LogP contribution in [0.5, 0.6) is 0 Å². The summed E-state index contributed by atoms with van der Waals surface area (Å²) in [5.74, 6) is 0.0985. The van der Waals surface area contributed by atoms with Crippen molar-refractivity contribution in [1.82, 2.24) is 20.2 Å². The first-order valence-electron chi connectivity index (χ1n) is 7.89. The fraction of sp³-hybridized carbons (Fsp3) is 0.312. The van der Waals surface area contributed by atoms with Gasteiger partial charge in [-0.05, 0) is 19.1 Å². The molecule has 1 heterocycles. The van der Waals surface area contributed by atoms with Crippen molar-refractivity contribution in [1.29, 1.82) is 0 Å². The third kappa shape index (κ3) is 5.13. The molecule has 0 aliphatic carbocycles. The van der Waals surface area contributed by atoms with E-state index in [9.17, 15) is 23.7 Å². The number of imidazole rings is 1. The molecule has 0 aliphatic rings. The Kier molecular flexibility index (Phi) is 6.70. The molecular weight excluding hydrogens is 376 g/mol. The lowest BCUT2D eigenvalue weighted by Crippen LogP contribution is -2.36. The van der Waals surface area contributed by atoms with Crippen molar-refractivity contribution in [3.05, 3.63) is 54.1 Å². The van der Waals surface area contributed by atoms with Crippen LogP contribution in [0.2, 0.25) is 0 Å². The minimum absolute atomic E-state index is 0.0503. The highest BCUT2D eigenvalue weighted by Gasteiger charge is 2.27. The molecule has 27 heavy (non-hydrogen) atoms. The van der Waals surface area contributed by atoms with Crippen molar-refractivity contribution in [2.75, 3.05) is 6.61 Å². The van der Waals surface area contributed by atoms with Gasteiger partial charge in [-0.1, -0.05) is 24.3 Å². The standard InChI is InChI=1S/C16H22N4O6S/c1-9-3-5-11(6-4-9)27(25,26)20-19-10(2)16-17-7-12(18-16)14(23)15(24)13(22)8-21/h3-7,13-15,19-24H,2,8H2,1H3,(H,17,18)/t13-,14-,15-/m1/s1. The number of aryl methyl sites for hydroxylation is 1. The number of hydrazine groups is 1. The quantitative estimate of drug-likeness (QED) is 0.262. The monoisotopic (exact) mass is 398 g/mol. The first-order valence-corrected chi connectivity index (χ1v) is 9.37. The molecule has 0 fully saturated rings. The highest BCUT2D eigenvalue weighted by atomic mass is 32.2. The summed E-state index contributed by atoms with van der Waals surface area (Å²) in [5, 5.41) is 37.9. The summed E-state index contributed by atoms with van der Waals surface area (Å²) in [5.41, 5.74) is 3.43. The van der Waals surface area contributed by atoms with Gasteiger partial charge in [0.2, 0.25) is 0 Å². The Morgan fingerprint density at radius 3 is 2.48 bits per heavy atom. The van der Waals surface area contributed by atoms with Crippen LogP contribution < -0.4 is 10.3 Å². The number of sulfonamides is 1. The van der Waals surface area contributed by atoms with Gasteiger partial charge in [0.1, 0.15) is 18.3 Å². The fourth-order valence-electron chi connectivity index (χ4n) is 2.11. The molecule has 0 aliphatic heterocycles. The predicted octanol–water partition coefficient (Wildman–Crippen LogP) is -1.08. The molecule has 11 heteroatoms. The number of aromatic nitrogens is 2. The lowest BCUT2D eigenvalue weighted by atomic mass is 10.1. The van der Waals surface area contributed by atoms with E-state index in [1.165, 1.54) is 18.3 Å². The molecule has 148 valence electrons. The van der Waals surface area contributed by atoms with E-state index in [0.717, 1.165) is 5.56 Å². The molecule has 1 aromatic carbocycles. The van der Waals surface area contributed by atoms with Gasteiger partial charge >= 0.3 is 0 Å². The third-order valence-electron chi connectivity index (χ3n) is 3.77. The van der Waals surface area contributed by atoms with Crippen molar-refractivity contribution < 1.29 is 28.8 Å². The van der Waals surface area contributed by atoms with Crippen molar-refractivity contribution in [3.8, 4) is 0 Å². The maximum Gasteiger partial charge on any atom is 0.257 e. The zero-order chi connectivity index (χ0) is 20.2. The van der Waals surface area contributed by atoms with E-state index in [0.29, 0.717) is 0 Å². The zero-order valence-corrected chi connectivity index (χ0v) is 15.3. The van der Waals surface area contributed by atoms with Gasteiger partial charge in [0.05, 0.1) is 29.1 Å². The van der Waals surface area contributed by atoms with Crippen LogP contribution in [0, 0.1) is 6.92 Å². The Morgan fingerprint density at radius 1 is 1.26 bits per heavy atom. The third-order valence-corrected chi connectivity index (χ3v) is 5.04. The summed E-state index contributed by atoms with van der Waals surface area (Å²) in [7, 11) is -3.83. The number of nitrogens with one attached hydrogen (secondary N) is 3. The van der Waals surface area contributed by atoms with E-state index in [1.807, 2.05) is 6.92 Å². The van der Waals surface area contributed by atoms with Gasteiger partial charge in [0.15, 0.2) is 5.82 Å². The second kappa shape index (κ2) is 8.61. The summed E-state index contributed by atoms with van der Waals surface area (Å²) in [4.78, 5) is 8.79. The van der Waals surface area contributed by atoms with E-state index in [-0.39, 0.29) is 22.1 Å². The minimum Gasteiger partial charge on any atom is -0.394 e. The molecule has 2 rings (SSSR count). The van der Waals surface area contributed by atoms with Crippen LogP contribution in [-0.2, 0) is 10.0 Å². The Balaban J connectivity index is 2.03. The van der Waals surface area contributed by atoms with Crippen LogP contribution in [0.1, 0.15) is 23.2 Å². The van der Waals surface area contributed by atoms with E-state index < -0.39 is 34.9 Å². The molecular formula is C16H22N4O6S. The first-order chi connectivity index (χ1) is 12.7.